The van der Waals surface area contributed by atoms with E-state index in [0.717, 1.165) is 0 Å². The van der Waals surface area contributed by atoms with Gasteiger partial charge in [0.1, 0.15) is 0 Å². The van der Waals surface area contributed by atoms with Gasteiger partial charge in [-0.2, -0.15) is 0 Å². The average Bonchev–Trinajstić information content (AvgIpc) is 1.27. The molecule has 0 aliphatic rings. The van der Waals surface area contributed by atoms with Crippen LogP contribution in [0.2, 0.25) is 0 Å². The Hall–Kier alpha value is 0.515. The van der Waals surface area contributed by atoms with E-state index < -0.39 is 6.72 Å². The highest BCUT2D eigenvalue weighted by Crippen LogP contribution is 2.26. The quantitative estimate of drug-likeness (QED) is 0.201. The van der Waals surface area contributed by atoms with Crippen molar-refractivity contribution in [3.63, 3.8) is 0 Å². The van der Waals surface area contributed by atoms with E-state index in [1.165, 1.54) is 0 Å². The maximum atomic E-state index is 7.56. The van der Waals surface area contributed by atoms with Crippen LogP contribution in [-0.4, -0.2) is 32.4 Å². The van der Waals surface area contributed by atoms with Gasteiger partial charge in [-0.1, -0.05) is 0 Å². The first-order valence-electron chi connectivity index (χ1n) is 1.30. The van der Waals surface area contributed by atoms with Crippen molar-refractivity contribution in [3.05, 3.63) is 0 Å². The van der Waals surface area contributed by atoms with Gasteiger partial charge in [0.15, 0.2) is 0 Å². The highest BCUT2D eigenvalue weighted by Gasteiger charge is 1.92. The van der Waals surface area contributed by atoms with Gasteiger partial charge in [-0.15, -0.1) is 0 Å². The summed E-state index contributed by atoms with van der Waals surface area (Å²) in [5.41, 5.74) is 0. The molecule has 0 rings (SSSR count). The fourth-order valence-electron chi connectivity index (χ4n) is 0. The van der Waals surface area contributed by atoms with Gasteiger partial charge >= 0.3 is 14.4 Å². The molecule has 0 fully saturated rings. The van der Waals surface area contributed by atoms with Crippen LogP contribution in [0, 0.1) is 0 Å². The Bertz CT molecular complexity index is 68.2. The summed E-state index contributed by atoms with van der Waals surface area (Å²) in [5.74, 6) is 0. The van der Waals surface area contributed by atoms with Crippen molar-refractivity contribution in [3.8, 4) is 0 Å². The van der Waals surface area contributed by atoms with Gasteiger partial charge in [0, 0.05) is 0 Å². The summed E-state index contributed by atoms with van der Waals surface area (Å²) in [6.07, 6.45) is 0. The fraction of sp³-hybridized carbons (Fsp3) is 0. The zero-order valence-corrected chi connectivity index (χ0v) is 5.38. The molecule has 0 aliphatic heterocycles. The Morgan fingerprint density at radius 3 is 1.12 bits per heavy atom. The largest absolute Gasteiger partial charge is 0.482 e. The van der Waals surface area contributed by atoms with Crippen molar-refractivity contribution in [2.24, 2.45) is 0 Å². The number of hydrogen-bond donors (Lipinski definition) is 5. The van der Waals surface area contributed by atoms with Crippen LogP contribution in [0.3, 0.4) is 0 Å². The molecule has 5 nitrogen and oxygen atoms in total. The van der Waals surface area contributed by atoms with Crippen molar-refractivity contribution < 1.29 is 24.7 Å². The third-order valence-corrected chi connectivity index (χ3v) is 0. The highest BCUT2D eigenvalue weighted by molar-refractivity contribution is 8.06. The van der Waals surface area contributed by atoms with Crippen LogP contribution in [0.25, 0.3) is 0 Å². The molecule has 0 aromatic rings. The predicted octanol–water partition coefficient (Wildman–Crippen LogP) is -2.31. The minimum Gasteiger partial charge on any atom is -0.429 e. The number of hydrogen-bond acceptors (Lipinski definition) is 3. The van der Waals surface area contributed by atoms with E-state index in [0.29, 0.717) is 0 Å². The summed E-state index contributed by atoms with van der Waals surface area (Å²) in [5, 5.41) is 14.0. The summed E-state index contributed by atoms with van der Waals surface area (Å²) >= 11 is 3.60. The molecule has 0 unspecified atom stereocenters. The van der Waals surface area contributed by atoms with Gasteiger partial charge in [-0.25, -0.2) is 0 Å². The summed E-state index contributed by atoms with van der Waals surface area (Å²) in [7, 11) is 0. The second-order valence-corrected chi connectivity index (χ2v) is 3.12. The Kier molecular flexibility index (Phi) is 8.00. The van der Waals surface area contributed by atoms with Crippen LogP contribution in [-0.2, 0) is 11.8 Å². The first-order valence-corrected chi connectivity index (χ1v) is 3.96. The van der Waals surface area contributed by atoms with Crippen LogP contribution in [0.1, 0.15) is 0 Å². The van der Waals surface area contributed by atoms with Crippen molar-refractivity contribution in [1.29, 1.82) is 0 Å². The summed E-state index contributed by atoms with van der Waals surface area (Å²) in [6, 6.07) is 0. The lowest BCUT2D eigenvalue weighted by molar-refractivity contribution is 0.363. The van der Waals surface area contributed by atoms with E-state index >= 15 is 0 Å². The minimum atomic E-state index is -3.81. The van der Waals surface area contributed by atoms with Gasteiger partial charge < -0.3 is 24.7 Å². The van der Waals surface area contributed by atoms with E-state index in [4.69, 9.17) is 24.7 Å². The molecule has 0 saturated heterocycles. The second-order valence-electron chi connectivity index (χ2n) is 0.629. The zero-order valence-electron chi connectivity index (χ0n) is 3.67. The van der Waals surface area contributed by atoms with Crippen molar-refractivity contribution in [2.45, 2.75) is 0 Å². The molecule has 1 radical (unpaired) electrons. The van der Waals surface area contributed by atoms with Gasteiger partial charge in [0.25, 0.3) is 0 Å². The fourth-order valence-corrected chi connectivity index (χ4v) is 0. The highest BCUT2D eigenvalue weighted by atomic mass is 32.5. The molecule has 0 amide bonds. The molecule has 8 heavy (non-hydrogen) atoms. The standard InChI is InChI=1S/BH2O2.H3O3PS/c2-1-3;1-4(2,3)5/h2-3H;(H3,1,2,3,5). The third-order valence-electron chi connectivity index (χ3n) is 0. The molecule has 8 heteroatoms. The molecule has 0 saturated carbocycles. The SMILES string of the molecule is OP(O)(O)=S.O[B]O. The van der Waals surface area contributed by atoms with E-state index in [2.05, 4.69) is 11.8 Å². The van der Waals surface area contributed by atoms with E-state index in [1.54, 1.807) is 0 Å². The van der Waals surface area contributed by atoms with Crippen molar-refractivity contribution in [1.82, 2.24) is 0 Å². The first-order chi connectivity index (χ1) is 3.41. The zero-order chi connectivity index (χ0) is 7.21. The molecular weight excluding hydrogens is 154 g/mol. The van der Waals surface area contributed by atoms with Crippen molar-refractivity contribution in [2.75, 3.05) is 0 Å². The molecule has 0 aromatic carbocycles. The summed E-state index contributed by atoms with van der Waals surface area (Å²) in [4.78, 5) is 22.7. The number of rotatable bonds is 0. The molecule has 0 aromatic heterocycles. The third kappa shape index (κ3) is 747. The topological polar surface area (TPSA) is 101 Å². The summed E-state index contributed by atoms with van der Waals surface area (Å²) in [6.45, 7) is -3.81. The van der Waals surface area contributed by atoms with Crippen LogP contribution >= 0.6 is 6.72 Å². The lowest BCUT2D eigenvalue weighted by atomic mass is 10.5. The molecule has 0 spiro atoms. The van der Waals surface area contributed by atoms with E-state index in [-0.39, 0.29) is 7.69 Å². The normalized spacial score (nSPS) is 9.12. The van der Waals surface area contributed by atoms with Crippen molar-refractivity contribution >= 4 is 26.2 Å². The summed E-state index contributed by atoms with van der Waals surface area (Å²) < 4.78 is 0. The van der Waals surface area contributed by atoms with E-state index in [1.807, 2.05) is 0 Å². The maximum absolute atomic E-state index is 7.56. The molecule has 0 atom stereocenters. The Morgan fingerprint density at radius 2 is 1.12 bits per heavy atom. The van der Waals surface area contributed by atoms with Gasteiger partial charge in [-0.05, 0) is 11.8 Å². The van der Waals surface area contributed by atoms with Crippen LogP contribution in [0.15, 0.2) is 0 Å². The Morgan fingerprint density at radius 1 is 1.12 bits per heavy atom. The minimum absolute atomic E-state index is 0. The lowest BCUT2D eigenvalue weighted by Crippen LogP contribution is -1.75. The first kappa shape index (κ1) is 11.3. The average molecular weight is 159 g/mol. The molecule has 0 aliphatic carbocycles. The second kappa shape index (κ2) is 5.65. The van der Waals surface area contributed by atoms with Gasteiger partial charge in [-0.3, -0.25) is 0 Å². The van der Waals surface area contributed by atoms with Crippen LogP contribution < -0.4 is 0 Å². The molecule has 49 valence electrons. The lowest BCUT2D eigenvalue weighted by Gasteiger charge is -1.88. The monoisotopic (exact) mass is 159 g/mol. The van der Waals surface area contributed by atoms with Gasteiger partial charge in [0.05, 0.1) is 0 Å². The van der Waals surface area contributed by atoms with E-state index in [9.17, 15) is 0 Å². The Labute approximate surface area is 51.8 Å². The molecule has 0 bridgehead atoms. The maximum Gasteiger partial charge on any atom is 0.482 e. The van der Waals surface area contributed by atoms with Crippen LogP contribution in [0.4, 0.5) is 0 Å². The van der Waals surface area contributed by atoms with Gasteiger partial charge in [0.2, 0.25) is 0 Å². The molecular formula is H5BO5PS. The molecule has 0 heterocycles. The molecule has 5 N–H and O–H groups in total. The Balaban J connectivity index is 0. The predicted molar refractivity (Wildman–Crippen MR) is 31.1 cm³/mol. The van der Waals surface area contributed by atoms with Crippen LogP contribution in [0.5, 0.6) is 0 Å². The smallest absolute Gasteiger partial charge is 0.429 e.